The van der Waals surface area contributed by atoms with Gasteiger partial charge in [0.15, 0.2) is 0 Å². The average Bonchev–Trinajstić information content (AvgIpc) is 1.87. The fourth-order valence-electron chi connectivity index (χ4n) is 1.19. The second kappa shape index (κ2) is 9.77. The molecule has 0 aliphatic heterocycles. The van der Waals surface area contributed by atoms with E-state index < -0.39 is 0 Å². The second-order valence-corrected chi connectivity index (χ2v) is 4.00. The maximum absolute atomic E-state index is 4.00. The van der Waals surface area contributed by atoms with Crippen molar-refractivity contribution in [2.24, 2.45) is 5.92 Å². The summed E-state index contributed by atoms with van der Waals surface area (Å²) in [5, 5.41) is 0. The van der Waals surface area contributed by atoms with Crippen LogP contribution in [0.3, 0.4) is 0 Å². The zero-order valence-corrected chi connectivity index (χ0v) is 11.7. The Hall–Kier alpha value is 0.688. The quantitative estimate of drug-likeness (QED) is 0.586. The Morgan fingerprint density at radius 3 is 1.50 bits per heavy atom. The van der Waals surface area contributed by atoms with Gasteiger partial charge in [0.1, 0.15) is 0 Å². The van der Waals surface area contributed by atoms with Gasteiger partial charge in [-0.3, -0.25) is 0 Å². The van der Waals surface area contributed by atoms with Crippen molar-refractivity contribution in [2.45, 2.75) is 52.9 Å². The van der Waals surface area contributed by atoms with Crippen LogP contribution in [-0.2, 0) is 21.1 Å². The maximum Gasteiger partial charge on any atom is 2.00 e. The summed E-state index contributed by atoms with van der Waals surface area (Å²) in [6.45, 7) is 10.2. The van der Waals surface area contributed by atoms with E-state index >= 15 is 0 Å². The molecule has 1 rings (SSSR count). The first-order valence-electron chi connectivity index (χ1n) is 4.72. The van der Waals surface area contributed by atoms with Crippen LogP contribution in [0.1, 0.15) is 52.9 Å². The van der Waals surface area contributed by atoms with Crippen LogP contribution < -0.4 is 0 Å². The largest absolute Gasteiger partial charge is 2.00 e. The van der Waals surface area contributed by atoms with Crippen LogP contribution in [0.25, 0.3) is 0 Å². The molecule has 0 heterocycles. The third-order valence-corrected chi connectivity index (χ3v) is 1.72. The van der Waals surface area contributed by atoms with Crippen LogP contribution in [0.2, 0.25) is 0 Å². The minimum absolute atomic E-state index is 0. The Labute approximate surface area is 92.8 Å². The first-order chi connectivity index (χ1) is 5.13. The molecule has 0 aromatic heterocycles. The van der Waals surface area contributed by atoms with Gasteiger partial charge < -0.3 is 12.8 Å². The van der Waals surface area contributed by atoms with Gasteiger partial charge in [-0.1, -0.05) is 32.1 Å². The summed E-state index contributed by atoms with van der Waals surface area (Å²) in [4.78, 5) is 0. The van der Waals surface area contributed by atoms with Gasteiger partial charge >= 0.3 is 21.1 Å². The minimum Gasteiger partial charge on any atom is -0.340 e. The van der Waals surface area contributed by atoms with Crippen molar-refractivity contribution in [1.82, 2.24) is 0 Å². The van der Waals surface area contributed by atoms with E-state index in [0.717, 1.165) is 5.92 Å². The van der Waals surface area contributed by atoms with Gasteiger partial charge in [0, 0.05) is 0 Å². The summed E-state index contributed by atoms with van der Waals surface area (Å²) in [5.41, 5.74) is 0. The summed E-state index contributed by atoms with van der Waals surface area (Å²) in [6.07, 6.45) is 7.05. The topological polar surface area (TPSA) is 0 Å². The molecule has 0 bridgehead atoms. The van der Waals surface area contributed by atoms with Crippen LogP contribution in [0.15, 0.2) is 0 Å². The summed E-state index contributed by atoms with van der Waals surface area (Å²) in [5.74, 6) is 2.20. The van der Waals surface area contributed by atoms with Crippen LogP contribution in [-0.4, -0.2) is 0 Å². The second-order valence-electron chi connectivity index (χ2n) is 4.00. The molecule has 0 amide bonds. The first kappa shape index (κ1) is 15.2. The predicted molar refractivity (Wildman–Crippen MR) is 52.2 cm³/mol. The molecule has 12 heavy (non-hydrogen) atoms. The number of rotatable bonds is 0. The zero-order valence-electron chi connectivity index (χ0n) is 8.73. The van der Waals surface area contributed by atoms with Gasteiger partial charge in [0.2, 0.25) is 0 Å². The zero-order chi connectivity index (χ0) is 8.69. The number of hydrogen-bond acceptors (Lipinski definition) is 0. The third kappa shape index (κ3) is 13.3. The van der Waals surface area contributed by atoms with E-state index in [-0.39, 0.29) is 21.1 Å². The molecule has 0 radical (unpaired) electrons. The Balaban J connectivity index is 0. The molecule has 0 N–H and O–H groups in total. The standard InChI is InChI=1S/C7H13.C4H9.W/c1-7-5-3-2-4-6-7;1-4(2)3;/h7H,1-6H2;1-3H3;/q2*-1;+2. The van der Waals surface area contributed by atoms with Gasteiger partial charge in [-0.05, 0) is 0 Å². The maximum atomic E-state index is 4.00. The van der Waals surface area contributed by atoms with Crippen molar-refractivity contribution in [2.75, 3.05) is 0 Å². The summed E-state index contributed by atoms with van der Waals surface area (Å²) < 4.78 is 0. The van der Waals surface area contributed by atoms with Crippen molar-refractivity contribution in [3.63, 3.8) is 0 Å². The fourth-order valence-corrected chi connectivity index (χ4v) is 1.19. The molecule has 0 aromatic carbocycles. The molecule has 0 aromatic rings. The SMILES string of the molecule is C[C-](C)C.[CH2-]C1CCCCC1.[W+2]. The van der Waals surface area contributed by atoms with E-state index in [0.29, 0.717) is 0 Å². The van der Waals surface area contributed by atoms with Gasteiger partial charge in [-0.2, -0.15) is 26.7 Å². The predicted octanol–water partition coefficient (Wildman–Crippen LogP) is 4.02. The summed E-state index contributed by atoms with van der Waals surface area (Å²) in [6, 6.07) is 0. The normalized spacial score (nSPS) is 17.8. The van der Waals surface area contributed by atoms with Crippen molar-refractivity contribution in [1.29, 1.82) is 0 Å². The molecule has 0 nitrogen and oxygen atoms in total. The molecule has 0 saturated heterocycles. The van der Waals surface area contributed by atoms with E-state index in [1.54, 1.807) is 0 Å². The van der Waals surface area contributed by atoms with Crippen LogP contribution in [0, 0.1) is 18.8 Å². The Bertz CT molecular complexity index is 70.3. The van der Waals surface area contributed by atoms with Crippen LogP contribution in [0.5, 0.6) is 0 Å². The van der Waals surface area contributed by atoms with E-state index in [4.69, 9.17) is 0 Å². The van der Waals surface area contributed by atoms with Gasteiger partial charge in [-0.15, -0.1) is 0 Å². The van der Waals surface area contributed by atoms with Gasteiger partial charge in [-0.25, -0.2) is 0 Å². The molecule has 1 aliphatic rings. The Morgan fingerprint density at radius 2 is 1.33 bits per heavy atom. The Morgan fingerprint density at radius 1 is 1.00 bits per heavy atom. The molecular formula is C11H22W. The minimum atomic E-state index is 0. The van der Waals surface area contributed by atoms with E-state index in [1.807, 2.05) is 0 Å². The molecule has 72 valence electrons. The first-order valence-corrected chi connectivity index (χ1v) is 4.72. The van der Waals surface area contributed by atoms with E-state index in [1.165, 1.54) is 38.0 Å². The van der Waals surface area contributed by atoms with Crippen molar-refractivity contribution in [3.8, 4) is 0 Å². The van der Waals surface area contributed by atoms with Crippen molar-refractivity contribution < 1.29 is 21.1 Å². The molecule has 1 aliphatic carbocycles. The Kier molecular flexibility index (Phi) is 12.4. The van der Waals surface area contributed by atoms with Crippen molar-refractivity contribution in [3.05, 3.63) is 12.8 Å². The van der Waals surface area contributed by atoms with Gasteiger partial charge in [0.25, 0.3) is 0 Å². The smallest absolute Gasteiger partial charge is 0.340 e. The van der Waals surface area contributed by atoms with Crippen LogP contribution in [0.4, 0.5) is 0 Å². The third-order valence-electron chi connectivity index (χ3n) is 1.72. The molecule has 0 spiro atoms. The summed E-state index contributed by atoms with van der Waals surface area (Å²) in [7, 11) is 0. The fraction of sp³-hybridized carbons (Fsp3) is 0.818. The van der Waals surface area contributed by atoms with Crippen molar-refractivity contribution >= 4 is 0 Å². The van der Waals surface area contributed by atoms with E-state index in [2.05, 4.69) is 27.7 Å². The molecule has 1 saturated carbocycles. The molecule has 1 fully saturated rings. The monoisotopic (exact) mass is 338 g/mol. The number of hydrogen-bond donors (Lipinski definition) is 0. The molecule has 1 heteroatoms. The van der Waals surface area contributed by atoms with E-state index in [9.17, 15) is 0 Å². The molecular weight excluding hydrogens is 316 g/mol. The average molecular weight is 338 g/mol. The summed E-state index contributed by atoms with van der Waals surface area (Å²) >= 11 is 0. The molecule has 0 unspecified atom stereocenters. The van der Waals surface area contributed by atoms with Gasteiger partial charge in [0.05, 0.1) is 0 Å². The van der Waals surface area contributed by atoms with Crippen LogP contribution >= 0.6 is 0 Å². The molecule has 0 atom stereocenters.